The quantitative estimate of drug-likeness (QED) is 0.861. The van der Waals surface area contributed by atoms with E-state index in [1.54, 1.807) is 6.20 Å². The van der Waals surface area contributed by atoms with Gasteiger partial charge in [-0.05, 0) is 62.7 Å². The Labute approximate surface area is 119 Å². The molecule has 1 aromatic heterocycles. The molecule has 0 saturated heterocycles. The number of anilines is 1. The van der Waals surface area contributed by atoms with Gasteiger partial charge < -0.3 is 11.1 Å². The second-order valence-corrected chi connectivity index (χ2v) is 6.52. The van der Waals surface area contributed by atoms with Crippen LogP contribution in [0.5, 0.6) is 0 Å². The summed E-state index contributed by atoms with van der Waals surface area (Å²) in [5, 5.41) is 3.42. The zero-order chi connectivity index (χ0) is 12.3. The Morgan fingerprint density at radius 1 is 1.35 bits per heavy atom. The molecule has 0 bridgehead atoms. The van der Waals surface area contributed by atoms with Gasteiger partial charge in [0, 0.05) is 17.2 Å². The van der Waals surface area contributed by atoms with Gasteiger partial charge in [0.25, 0.3) is 0 Å². The Bertz CT molecular complexity index is 389. The summed E-state index contributed by atoms with van der Waals surface area (Å²) < 4.78 is 1.96. The van der Waals surface area contributed by atoms with Gasteiger partial charge in [-0.3, -0.25) is 0 Å². The Morgan fingerprint density at radius 2 is 2.06 bits per heavy atom. The van der Waals surface area contributed by atoms with E-state index >= 15 is 0 Å². The molecule has 0 radical (unpaired) electrons. The van der Waals surface area contributed by atoms with Crippen LogP contribution in [0.1, 0.15) is 25.7 Å². The van der Waals surface area contributed by atoms with E-state index in [9.17, 15) is 0 Å². The van der Waals surface area contributed by atoms with Crippen LogP contribution in [-0.2, 0) is 0 Å². The van der Waals surface area contributed by atoms with Crippen molar-refractivity contribution in [2.45, 2.75) is 25.7 Å². The van der Waals surface area contributed by atoms with Crippen LogP contribution in [0.25, 0.3) is 0 Å². The number of hydrogen-bond donors (Lipinski definition) is 2. The third kappa shape index (κ3) is 3.20. The number of aromatic nitrogens is 1. The molecule has 3 N–H and O–H groups in total. The summed E-state index contributed by atoms with van der Waals surface area (Å²) in [6, 6.07) is 2.00. The van der Waals surface area contributed by atoms with Gasteiger partial charge in [-0.25, -0.2) is 4.98 Å². The van der Waals surface area contributed by atoms with Crippen molar-refractivity contribution in [3.63, 3.8) is 0 Å². The van der Waals surface area contributed by atoms with Crippen molar-refractivity contribution in [3.8, 4) is 0 Å². The largest absolute Gasteiger partial charge is 0.369 e. The lowest BCUT2D eigenvalue weighted by Crippen LogP contribution is -2.34. The van der Waals surface area contributed by atoms with Crippen molar-refractivity contribution in [1.82, 2.24) is 4.98 Å². The molecule has 1 aliphatic carbocycles. The van der Waals surface area contributed by atoms with E-state index in [-0.39, 0.29) is 5.41 Å². The maximum absolute atomic E-state index is 5.92. The molecule has 5 heteroatoms. The van der Waals surface area contributed by atoms with Crippen molar-refractivity contribution in [3.05, 3.63) is 21.2 Å². The number of nitrogens with two attached hydrogens (primary N) is 1. The minimum Gasteiger partial charge on any atom is -0.369 e. The van der Waals surface area contributed by atoms with Gasteiger partial charge in [-0.15, -0.1) is 0 Å². The lowest BCUT2D eigenvalue weighted by atomic mass is 9.86. The zero-order valence-electron chi connectivity index (χ0n) is 9.68. The average molecular weight is 363 g/mol. The monoisotopic (exact) mass is 361 g/mol. The number of hydrogen-bond acceptors (Lipinski definition) is 3. The second kappa shape index (κ2) is 5.67. The molecule has 1 aromatic rings. The van der Waals surface area contributed by atoms with E-state index in [4.69, 9.17) is 5.73 Å². The molecule has 0 atom stereocenters. The molecule has 17 heavy (non-hydrogen) atoms. The Kier molecular flexibility index (Phi) is 4.44. The van der Waals surface area contributed by atoms with Crippen LogP contribution in [0.4, 0.5) is 5.82 Å². The summed E-state index contributed by atoms with van der Waals surface area (Å²) in [6.07, 6.45) is 6.85. The fraction of sp³-hybridized carbons (Fsp3) is 0.583. The molecule has 1 heterocycles. The molecule has 2 rings (SSSR count). The molecule has 0 spiro atoms. The molecule has 1 fully saturated rings. The van der Waals surface area contributed by atoms with E-state index < -0.39 is 0 Å². The lowest BCUT2D eigenvalue weighted by molar-refractivity contribution is 0.332. The maximum atomic E-state index is 5.92. The first-order chi connectivity index (χ1) is 8.15. The Balaban J connectivity index is 2.01. The highest BCUT2D eigenvalue weighted by atomic mass is 79.9. The molecule has 94 valence electrons. The first kappa shape index (κ1) is 13.3. The van der Waals surface area contributed by atoms with E-state index in [0.29, 0.717) is 0 Å². The highest BCUT2D eigenvalue weighted by Crippen LogP contribution is 2.37. The van der Waals surface area contributed by atoms with Crippen molar-refractivity contribution >= 4 is 37.7 Å². The van der Waals surface area contributed by atoms with Gasteiger partial charge in [0.05, 0.1) is 4.47 Å². The van der Waals surface area contributed by atoms with Crippen molar-refractivity contribution < 1.29 is 0 Å². The fourth-order valence-electron chi connectivity index (χ4n) is 2.39. The van der Waals surface area contributed by atoms with Crippen LogP contribution < -0.4 is 11.1 Å². The van der Waals surface area contributed by atoms with Crippen LogP contribution in [0.2, 0.25) is 0 Å². The SMILES string of the molecule is NCC1(CNc2ncc(Br)cc2Br)CCCC1. The highest BCUT2D eigenvalue weighted by molar-refractivity contribution is 9.11. The summed E-state index contributed by atoms with van der Waals surface area (Å²) in [4.78, 5) is 4.36. The van der Waals surface area contributed by atoms with Crippen LogP contribution >= 0.6 is 31.9 Å². The van der Waals surface area contributed by atoms with Crippen LogP contribution in [0, 0.1) is 5.41 Å². The number of nitrogens with one attached hydrogen (secondary N) is 1. The van der Waals surface area contributed by atoms with Crippen LogP contribution in [0.3, 0.4) is 0 Å². The summed E-state index contributed by atoms with van der Waals surface area (Å²) in [5.41, 5.74) is 6.19. The molecule has 0 amide bonds. The average Bonchev–Trinajstić information content (AvgIpc) is 2.77. The van der Waals surface area contributed by atoms with Gasteiger partial charge >= 0.3 is 0 Å². The molecule has 0 aromatic carbocycles. The molecular weight excluding hydrogens is 346 g/mol. The summed E-state index contributed by atoms with van der Waals surface area (Å²) in [5.74, 6) is 0.896. The minimum atomic E-state index is 0.272. The predicted molar refractivity (Wildman–Crippen MR) is 78.1 cm³/mol. The predicted octanol–water partition coefficient (Wildman–Crippen LogP) is 3.54. The van der Waals surface area contributed by atoms with Crippen LogP contribution in [0.15, 0.2) is 21.2 Å². The van der Waals surface area contributed by atoms with Crippen molar-refractivity contribution in [2.24, 2.45) is 11.1 Å². The molecule has 1 aliphatic rings. The minimum absolute atomic E-state index is 0.272. The topological polar surface area (TPSA) is 50.9 Å². The van der Waals surface area contributed by atoms with Gasteiger partial charge in [-0.2, -0.15) is 0 Å². The fourth-order valence-corrected chi connectivity index (χ4v) is 3.52. The molecule has 0 aliphatic heterocycles. The Hall–Kier alpha value is -0.130. The normalized spacial score (nSPS) is 18.3. The van der Waals surface area contributed by atoms with Crippen LogP contribution in [-0.4, -0.2) is 18.1 Å². The van der Waals surface area contributed by atoms with E-state index in [1.165, 1.54) is 25.7 Å². The van der Waals surface area contributed by atoms with E-state index in [2.05, 4.69) is 42.2 Å². The van der Waals surface area contributed by atoms with Gasteiger partial charge in [-0.1, -0.05) is 12.8 Å². The third-order valence-electron chi connectivity index (χ3n) is 3.54. The number of halogens is 2. The van der Waals surface area contributed by atoms with Crippen molar-refractivity contribution in [2.75, 3.05) is 18.4 Å². The van der Waals surface area contributed by atoms with E-state index in [0.717, 1.165) is 27.9 Å². The molecule has 3 nitrogen and oxygen atoms in total. The third-order valence-corrected chi connectivity index (χ3v) is 4.57. The highest BCUT2D eigenvalue weighted by Gasteiger charge is 2.32. The van der Waals surface area contributed by atoms with Crippen molar-refractivity contribution in [1.29, 1.82) is 0 Å². The molecular formula is C12H17Br2N3. The Morgan fingerprint density at radius 3 is 2.65 bits per heavy atom. The summed E-state index contributed by atoms with van der Waals surface area (Å²) in [6.45, 7) is 1.67. The smallest absolute Gasteiger partial charge is 0.140 e. The number of rotatable bonds is 4. The number of nitrogens with zero attached hydrogens (tertiary/aromatic N) is 1. The maximum Gasteiger partial charge on any atom is 0.140 e. The summed E-state index contributed by atoms with van der Waals surface area (Å²) >= 11 is 6.91. The molecule has 0 unspecified atom stereocenters. The number of pyridine rings is 1. The first-order valence-electron chi connectivity index (χ1n) is 5.90. The standard InChI is InChI=1S/C12H17Br2N3/c13-9-5-10(14)11(16-6-9)17-8-12(7-15)3-1-2-4-12/h5-6H,1-4,7-8,15H2,(H,16,17). The van der Waals surface area contributed by atoms with Gasteiger partial charge in [0.2, 0.25) is 0 Å². The van der Waals surface area contributed by atoms with E-state index in [1.807, 2.05) is 6.07 Å². The lowest BCUT2D eigenvalue weighted by Gasteiger charge is -2.27. The van der Waals surface area contributed by atoms with Gasteiger partial charge in [0.15, 0.2) is 0 Å². The second-order valence-electron chi connectivity index (χ2n) is 4.75. The van der Waals surface area contributed by atoms with Gasteiger partial charge in [0.1, 0.15) is 5.82 Å². The zero-order valence-corrected chi connectivity index (χ0v) is 12.8. The summed E-state index contributed by atoms with van der Waals surface area (Å²) in [7, 11) is 0. The first-order valence-corrected chi connectivity index (χ1v) is 7.49. The molecule has 1 saturated carbocycles.